The van der Waals surface area contributed by atoms with Gasteiger partial charge in [-0.05, 0) is 68.2 Å². The van der Waals surface area contributed by atoms with Crippen molar-refractivity contribution in [3.8, 4) is 0 Å². The third-order valence-corrected chi connectivity index (χ3v) is 8.27. The molecule has 3 heterocycles. The Labute approximate surface area is 174 Å². The summed E-state index contributed by atoms with van der Waals surface area (Å²) in [6.45, 7) is 3.23. The Balaban J connectivity index is 1.38. The van der Waals surface area contributed by atoms with Crippen molar-refractivity contribution in [1.29, 1.82) is 0 Å². The fraction of sp³-hybridized carbons (Fsp3) is 0.667. The molecule has 4 aliphatic rings. The number of nitrogens with zero attached hydrogens (tertiary/aromatic N) is 3. The van der Waals surface area contributed by atoms with E-state index in [-0.39, 0.29) is 11.9 Å². The van der Waals surface area contributed by atoms with Crippen molar-refractivity contribution in [1.82, 2.24) is 13.9 Å². The Morgan fingerprint density at radius 1 is 0.966 bits per heavy atom. The molecule has 0 aromatic heterocycles. The molecule has 3 saturated heterocycles. The molecule has 0 unspecified atom stereocenters. The second-order valence-electron chi connectivity index (χ2n) is 8.98. The number of carbonyl (C=O) groups excluding carboxylic acids is 1. The van der Waals surface area contributed by atoms with Gasteiger partial charge in [0.15, 0.2) is 0 Å². The summed E-state index contributed by atoms with van der Waals surface area (Å²) in [5.41, 5.74) is 1.78. The lowest BCUT2D eigenvalue weighted by Gasteiger charge is -2.24. The molecule has 1 amide bonds. The van der Waals surface area contributed by atoms with Crippen LogP contribution in [-0.2, 0) is 10.2 Å². The number of nitrogens with one attached hydrogen (secondary N) is 1. The zero-order chi connectivity index (χ0) is 20.6. The minimum absolute atomic E-state index is 0.101. The second kappa shape index (κ2) is 8.24. The van der Waals surface area contributed by atoms with Gasteiger partial charge in [0, 0.05) is 57.6 Å². The minimum atomic E-state index is -3.42. The number of benzene rings is 1. The number of fused-ring (bicyclic) bond motifs is 4. The summed E-state index contributed by atoms with van der Waals surface area (Å²) < 4.78 is 28.0. The SMILES string of the molecule is CN(C)S(=O)(=O)N[C@@H]1CCN(c2ccc(C(=O)N3CC4CCC(CC4)C3)cc2)C1. The van der Waals surface area contributed by atoms with Gasteiger partial charge in [-0.1, -0.05) is 0 Å². The first kappa shape index (κ1) is 20.6. The highest BCUT2D eigenvalue weighted by atomic mass is 32.2. The van der Waals surface area contributed by atoms with E-state index in [1.54, 1.807) is 0 Å². The fourth-order valence-corrected chi connectivity index (χ4v) is 5.69. The molecule has 3 aliphatic heterocycles. The standard InChI is InChI=1S/C21H32N4O3S/c1-23(2)29(27,28)22-19-11-12-24(15-19)20-9-7-18(8-10-20)21(26)25-13-16-3-4-17(14-25)6-5-16/h7-10,16-17,19,22H,3-6,11-15H2,1-2H3/t16?,17?,19-/m1/s1. The molecule has 1 saturated carbocycles. The van der Waals surface area contributed by atoms with Crippen molar-refractivity contribution >= 4 is 21.8 Å². The van der Waals surface area contributed by atoms with Crippen molar-refractivity contribution in [2.45, 2.75) is 38.1 Å². The molecule has 1 aliphatic carbocycles. The Kier molecular flexibility index (Phi) is 5.86. The fourth-order valence-electron chi connectivity index (χ4n) is 4.86. The van der Waals surface area contributed by atoms with Crippen LogP contribution in [0.1, 0.15) is 42.5 Å². The minimum Gasteiger partial charge on any atom is -0.370 e. The normalized spacial score (nSPS) is 27.5. The summed E-state index contributed by atoms with van der Waals surface area (Å²) in [6, 6.07) is 7.71. The molecule has 4 fully saturated rings. The van der Waals surface area contributed by atoms with Gasteiger partial charge in [-0.2, -0.15) is 17.4 Å². The third-order valence-electron chi connectivity index (χ3n) is 6.67. The van der Waals surface area contributed by atoms with Gasteiger partial charge in [0.05, 0.1) is 0 Å². The molecule has 1 aromatic rings. The van der Waals surface area contributed by atoms with Gasteiger partial charge >= 0.3 is 0 Å². The lowest BCUT2D eigenvalue weighted by Crippen LogP contribution is -2.43. The quantitative estimate of drug-likeness (QED) is 0.790. The molecule has 1 atom stereocenters. The van der Waals surface area contributed by atoms with Crippen LogP contribution in [-0.4, -0.2) is 69.8 Å². The highest BCUT2D eigenvalue weighted by Gasteiger charge is 2.32. The van der Waals surface area contributed by atoms with E-state index in [9.17, 15) is 13.2 Å². The highest BCUT2D eigenvalue weighted by Crippen LogP contribution is 2.34. The first-order valence-corrected chi connectivity index (χ1v) is 12.1. The number of rotatable bonds is 5. The Morgan fingerprint density at radius 3 is 2.10 bits per heavy atom. The van der Waals surface area contributed by atoms with Gasteiger partial charge < -0.3 is 9.80 Å². The molecule has 160 valence electrons. The number of amides is 1. The lowest BCUT2D eigenvalue weighted by atomic mass is 9.84. The van der Waals surface area contributed by atoms with E-state index in [4.69, 9.17) is 0 Å². The van der Waals surface area contributed by atoms with Crippen molar-refractivity contribution in [2.24, 2.45) is 11.8 Å². The maximum absolute atomic E-state index is 13.0. The van der Waals surface area contributed by atoms with Gasteiger partial charge in [0.1, 0.15) is 0 Å². The molecule has 1 N–H and O–H groups in total. The molecule has 1 aromatic carbocycles. The van der Waals surface area contributed by atoms with Crippen LogP contribution in [0.15, 0.2) is 24.3 Å². The summed E-state index contributed by atoms with van der Waals surface area (Å²) >= 11 is 0. The smallest absolute Gasteiger partial charge is 0.279 e. The van der Waals surface area contributed by atoms with Crippen LogP contribution in [0.3, 0.4) is 0 Å². The van der Waals surface area contributed by atoms with Gasteiger partial charge in [-0.25, -0.2) is 0 Å². The van der Waals surface area contributed by atoms with Gasteiger partial charge in [0.25, 0.3) is 16.1 Å². The second-order valence-corrected chi connectivity index (χ2v) is 10.9. The van der Waals surface area contributed by atoms with E-state index in [0.717, 1.165) is 37.3 Å². The first-order valence-electron chi connectivity index (χ1n) is 10.7. The van der Waals surface area contributed by atoms with E-state index < -0.39 is 10.2 Å². The Morgan fingerprint density at radius 2 is 1.55 bits per heavy atom. The van der Waals surface area contributed by atoms with Crippen LogP contribution < -0.4 is 9.62 Å². The van der Waals surface area contributed by atoms with E-state index >= 15 is 0 Å². The predicted octanol–water partition coefficient (Wildman–Crippen LogP) is 1.92. The van der Waals surface area contributed by atoms with Crippen molar-refractivity contribution in [3.63, 3.8) is 0 Å². The maximum atomic E-state index is 13.0. The molecule has 0 spiro atoms. The largest absolute Gasteiger partial charge is 0.370 e. The van der Waals surface area contributed by atoms with Gasteiger partial charge in [-0.3, -0.25) is 4.79 Å². The summed E-state index contributed by atoms with van der Waals surface area (Å²) in [4.78, 5) is 17.2. The average molecular weight is 421 g/mol. The van der Waals surface area contributed by atoms with Crippen LogP contribution in [0.2, 0.25) is 0 Å². The number of anilines is 1. The lowest BCUT2D eigenvalue weighted by molar-refractivity contribution is 0.0739. The molecule has 0 radical (unpaired) electrons. The maximum Gasteiger partial charge on any atom is 0.279 e. The highest BCUT2D eigenvalue weighted by molar-refractivity contribution is 7.87. The van der Waals surface area contributed by atoms with Gasteiger partial charge in [0.2, 0.25) is 0 Å². The molecule has 2 bridgehead atoms. The van der Waals surface area contributed by atoms with Crippen molar-refractivity contribution in [2.75, 3.05) is 45.2 Å². The molecule has 8 heteroatoms. The monoisotopic (exact) mass is 420 g/mol. The number of carbonyl (C=O) groups is 1. The summed E-state index contributed by atoms with van der Waals surface area (Å²) in [5.74, 6) is 1.49. The summed E-state index contributed by atoms with van der Waals surface area (Å²) in [5, 5.41) is 0. The molecular weight excluding hydrogens is 388 g/mol. The number of hydrogen-bond acceptors (Lipinski definition) is 4. The predicted molar refractivity (Wildman–Crippen MR) is 114 cm³/mol. The Bertz CT molecular complexity index is 818. The zero-order valence-corrected chi connectivity index (χ0v) is 18.2. The summed E-state index contributed by atoms with van der Waals surface area (Å²) in [6.07, 6.45) is 5.83. The average Bonchev–Trinajstić information content (AvgIpc) is 2.94. The topological polar surface area (TPSA) is 73.0 Å². The molecular formula is C21H32N4O3S. The van der Waals surface area contributed by atoms with Crippen LogP contribution in [0.5, 0.6) is 0 Å². The van der Waals surface area contributed by atoms with Gasteiger partial charge in [-0.15, -0.1) is 0 Å². The number of hydrogen-bond donors (Lipinski definition) is 1. The van der Waals surface area contributed by atoms with E-state index in [1.165, 1.54) is 44.1 Å². The Hall–Kier alpha value is -1.64. The van der Waals surface area contributed by atoms with Crippen LogP contribution in [0.25, 0.3) is 0 Å². The van der Waals surface area contributed by atoms with Crippen molar-refractivity contribution < 1.29 is 13.2 Å². The van der Waals surface area contributed by atoms with E-state index in [2.05, 4.69) is 14.5 Å². The van der Waals surface area contributed by atoms with Crippen LogP contribution >= 0.6 is 0 Å². The van der Waals surface area contributed by atoms with Crippen LogP contribution in [0, 0.1) is 11.8 Å². The first-order chi connectivity index (χ1) is 13.8. The van der Waals surface area contributed by atoms with Crippen LogP contribution in [0.4, 0.5) is 5.69 Å². The van der Waals surface area contributed by atoms with Crippen molar-refractivity contribution in [3.05, 3.63) is 29.8 Å². The third kappa shape index (κ3) is 4.59. The zero-order valence-electron chi connectivity index (χ0n) is 17.4. The summed E-state index contributed by atoms with van der Waals surface area (Å²) in [7, 11) is -0.362. The van der Waals surface area contributed by atoms with E-state index in [1.807, 2.05) is 24.3 Å². The molecule has 29 heavy (non-hydrogen) atoms. The molecule has 5 rings (SSSR count). The van der Waals surface area contributed by atoms with E-state index in [0.29, 0.717) is 18.4 Å². The molecule has 7 nitrogen and oxygen atoms in total.